The van der Waals surface area contributed by atoms with Crippen molar-refractivity contribution in [3.05, 3.63) is 59.3 Å². The van der Waals surface area contributed by atoms with Crippen LogP contribution in [0.2, 0.25) is 0 Å². The van der Waals surface area contributed by atoms with E-state index in [4.69, 9.17) is 4.74 Å². The van der Waals surface area contributed by atoms with E-state index in [0.29, 0.717) is 5.84 Å². The highest BCUT2D eigenvalue weighted by atomic mass is 32.2. The molecule has 0 radical (unpaired) electrons. The van der Waals surface area contributed by atoms with Crippen molar-refractivity contribution in [2.24, 2.45) is 4.99 Å². The number of pyridine rings is 1. The molecule has 0 aliphatic carbocycles. The van der Waals surface area contributed by atoms with Crippen LogP contribution in [0.25, 0.3) is 6.08 Å². The minimum absolute atomic E-state index is 0.137. The lowest BCUT2D eigenvalue weighted by Gasteiger charge is -2.02. The molecule has 22 heavy (non-hydrogen) atoms. The van der Waals surface area contributed by atoms with E-state index < -0.39 is 0 Å². The fraction of sp³-hybridized carbons (Fsp3) is 0.0625. The Kier molecular flexibility index (Phi) is 4.20. The van der Waals surface area contributed by atoms with Crippen LogP contribution in [-0.4, -0.2) is 23.2 Å². The number of amidine groups is 1. The molecule has 6 heteroatoms. The lowest BCUT2D eigenvalue weighted by Crippen LogP contribution is -2.18. The van der Waals surface area contributed by atoms with Crippen molar-refractivity contribution in [1.82, 2.24) is 10.3 Å². The van der Waals surface area contributed by atoms with E-state index in [2.05, 4.69) is 15.3 Å². The Morgan fingerprint density at radius 1 is 1.27 bits per heavy atom. The standard InChI is InChI=1S/C16H13N3O2S/c1-21-13-4-2-3-12(10-13)18-15-14(22-16(20)19-15)9-11-5-7-17-8-6-11/h2-10H,1H3,(H,18,19,20)/b14-9-. The van der Waals surface area contributed by atoms with Crippen LogP contribution in [0.3, 0.4) is 0 Å². The van der Waals surface area contributed by atoms with Crippen molar-refractivity contribution >= 4 is 34.6 Å². The fourth-order valence-corrected chi connectivity index (χ4v) is 2.67. The second-order valence-corrected chi connectivity index (χ2v) is 5.48. The SMILES string of the molecule is COc1cccc(N=C2NC(=O)S/C2=C\c2ccncc2)c1. The second-order valence-electron chi connectivity index (χ2n) is 4.47. The Morgan fingerprint density at radius 2 is 2.09 bits per heavy atom. The third-order valence-electron chi connectivity index (χ3n) is 2.95. The third kappa shape index (κ3) is 3.35. The van der Waals surface area contributed by atoms with Crippen LogP contribution in [0.1, 0.15) is 5.56 Å². The number of ether oxygens (including phenoxy) is 1. The van der Waals surface area contributed by atoms with Gasteiger partial charge in [0.2, 0.25) is 0 Å². The number of hydrogen-bond donors (Lipinski definition) is 1. The normalized spacial score (nSPS) is 17.8. The smallest absolute Gasteiger partial charge is 0.289 e. The predicted octanol–water partition coefficient (Wildman–Crippen LogP) is 3.62. The van der Waals surface area contributed by atoms with Gasteiger partial charge < -0.3 is 10.1 Å². The minimum atomic E-state index is -0.137. The lowest BCUT2D eigenvalue weighted by molar-refractivity contribution is 0.265. The summed E-state index contributed by atoms with van der Waals surface area (Å²) in [6, 6.07) is 11.1. The zero-order valence-corrected chi connectivity index (χ0v) is 12.6. The van der Waals surface area contributed by atoms with Crippen LogP contribution in [0, 0.1) is 0 Å². The number of thioether (sulfide) groups is 1. The maximum Gasteiger partial charge on any atom is 0.289 e. The molecule has 0 atom stereocenters. The molecule has 0 unspecified atom stereocenters. The van der Waals surface area contributed by atoms with Crippen molar-refractivity contribution in [1.29, 1.82) is 0 Å². The number of carbonyl (C=O) groups is 1. The molecule has 2 heterocycles. The summed E-state index contributed by atoms with van der Waals surface area (Å²) in [6.07, 6.45) is 5.32. The molecule has 1 amide bonds. The van der Waals surface area contributed by atoms with Crippen molar-refractivity contribution in [2.75, 3.05) is 7.11 Å². The van der Waals surface area contributed by atoms with Gasteiger partial charge in [0.25, 0.3) is 5.24 Å². The van der Waals surface area contributed by atoms with Gasteiger partial charge in [0.15, 0.2) is 0 Å². The fourth-order valence-electron chi connectivity index (χ4n) is 1.93. The summed E-state index contributed by atoms with van der Waals surface area (Å²) in [5.74, 6) is 1.26. The first-order chi connectivity index (χ1) is 10.7. The largest absolute Gasteiger partial charge is 0.497 e. The average Bonchev–Trinajstić information content (AvgIpc) is 2.88. The first-order valence-corrected chi connectivity index (χ1v) is 7.40. The maximum atomic E-state index is 11.7. The molecular weight excluding hydrogens is 298 g/mol. The van der Waals surface area contributed by atoms with E-state index in [1.807, 2.05) is 42.5 Å². The van der Waals surface area contributed by atoms with Gasteiger partial charge in [0.1, 0.15) is 11.6 Å². The van der Waals surface area contributed by atoms with Gasteiger partial charge in [-0.1, -0.05) is 6.07 Å². The molecule has 1 aliphatic rings. The lowest BCUT2D eigenvalue weighted by atomic mass is 10.2. The molecule has 1 fully saturated rings. The van der Waals surface area contributed by atoms with Gasteiger partial charge >= 0.3 is 0 Å². The number of hydrogen-bond acceptors (Lipinski definition) is 5. The highest BCUT2D eigenvalue weighted by Gasteiger charge is 2.23. The molecular formula is C16H13N3O2S. The Balaban J connectivity index is 1.95. The molecule has 1 N–H and O–H groups in total. The van der Waals surface area contributed by atoms with Crippen molar-refractivity contribution in [2.45, 2.75) is 0 Å². The highest BCUT2D eigenvalue weighted by molar-refractivity contribution is 8.18. The monoisotopic (exact) mass is 311 g/mol. The van der Waals surface area contributed by atoms with E-state index >= 15 is 0 Å². The van der Waals surface area contributed by atoms with E-state index in [1.165, 1.54) is 0 Å². The van der Waals surface area contributed by atoms with Crippen LogP contribution >= 0.6 is 11.8 Å². The molecule has 2 aromatic rings. The summed E-state index contributed by atoms with van der Waals surface area (Å²) in [6.45, 7) is 0. The van der Waals surface area contributed by atoms with E-state index in [9.17, 15) is 4.79 Å². The molecule has 0 spiro atoms. The number of nitrogens with one attached hydrogen (secondary N) is 1. The summed E-state index contributed by atoms with van der Waals surface area (Å²) in [5, 5.41) is 2.62. The Hall–Kier alpha value is -2.60. The number of nitrogens with zero attached hydrogens (tertiary/aromatic N) is 2. The van der Waals surface area contributed by atoms with Crippen LogP contribution in [0.5, 0.6) is 5.75 Å². The molecule has 1 aromatic carbocycles. The number of rotatable bonds is 3. The summed E-state index contributed by atoms with van der Waals surface area (Å²) in [7, 11) is 1.61. The van der Waals surface area contributed by atoms with Crippen molar-refractivity contribution < 1.29 is 9.53 Å². The maximum absolute atomic E-state index is 11.7. The number of methoxy groups -OCH3 is 1. The zero-order valence-electron chi connectivity index (χ0n) is 11.8. The summed E-state index contributed by atoms with van der Waals surface area (Å²) >= 11 is 1.13. The molecule has 1 saturated heterocycles. The van der Waals surface area contributed by atoms with Gasteiger partial charge in [0.05, 0.1) is 17.7 Å². The summed E-state index contributed by atoms with van der Waals surface area (Å²) in [4.78, 5) is 20.9. The van der Waals surface area contributed by atoms with Crippen LogP contribution in [0.15, 0.2) is 58.7 Å². The Bertz CT molecular complexity index is 757. The van der Waals surface area contributed by atoms with Gasteiger partial charge in [-0.3, -0.25) is 9.78 Å². The summed E-state index contributed by atoms with van der Waals surface area (Å²) in [5.41, 5.74) is 1.69. The molecule has 1 aromatic heterocycles. The number of carbonyl (C=O) groups excluding carboxylic acids is 1. The van der Waals surface area contributed by atoms with Gasteiger partial charge in [-0.25, -0.2) is 4.99 Å². The predicted molar refractivity (Wildman–Crippen MR) is 88.4 cm³/mol. The van der Waals surface area contributed by atoms with Crippen molar-refractivity contribution in [3.63, 3.8) is 0 Å². The van der Waals surface area contributed by atoms with Gasteiger partial charge in [-0.05, 0) is 47.7 Å². The Labute approximate surface area is 132 Å². The number of amides is 1. The summed E-state index contributed by atoms with van der Waals surface area (Å²) < 4.78 is 5.18. The average molecular weight is 311 g/mol. The first kappa shape index (κ1) is 14.3. The quantitative estimate of drug-likeness (QED) is 0.940. The molecule has 1 aliphatic heterocycles. The first-order valence-electron chi connectivity index (χ1n) is 6.58. The minimum Gasteiger partial charge on any atom is -0.497 e. The number of aromatic nitrogens is 1. The second kappa shape index (κ2) is 6.44. The topological polar surface area (TPSA) is 63.6 Å². The molecule has 5 nitrogen and oxygen atoms in total. The highest BCUT2D eigenvalue weighted by Crippen LogP contribution is 2.29. The van der Waals surface area contributed by atoms with Crippen LogP contribution in [-0.2, 0) is 0 Å². The van der Waals surface area contributed by atoms with E-state index in [0.717, 1.165) is 33.7 Å². The van der Waals surface area contributed by atoms with E-state index in [1.54, 1.807) is 19.5 Å². The number of benzene rings is 1. The van der Waals surface area contributed by atoms with E-state index in [-0.39, 0.29) is 5.24 Å². The third-order valence-corrected chi connectivity index (χ3v) is 3.77. The molecule has 0 bridgehead atoms. The number of aliphatic imine (C=N–C) groups is 1. The molecule has 0 saturated carbocycles. The van der Waals surface area contributed by atoms with Gasteiger partial charge in [-0.15, -0.1) is 0 Å². The van der Waals surface area contributed by atoms with Gasteiger partial charge in [0, 0.05) is 18.5 Å². The zero-order chi connectivity index (χ0) is 15.4. The Morgan fingerprint density at radius 3 is 2.86 bits per heavy atom. The van der Waals surface area contributed by atoms with Crippen LogP contribution in [0.4, 0.5) is 10.5 Å². The molecule has 110 valence electrons. The van der Waals surface area contributed by atoms with Gasteiger partial charge in [-0.2, -0.15) is 0 Å². The van der Waals surface area contributed by atoms with Crippen molar-refractivity contribution in [3.8, 4) is 5.75 Å². The van der Waals surface area contributed by atoms with Crippen LogP contribution < -0.4 is 10.1 Å². The molecule has 3 rings (SSSR count).